The highest BCUT2D eigenvalue weighted by atomic mass is 35.5. The van der Waals surface area contributed by atoms with Gasteiger partial charge in [-0.1, -0.05) is 29.3 Å². The van der Waals surface area contributed by atoms with Crippen LogP contribution in [0.2, 0.25) is 10.0 Å². The lowest BCUT2D eigenvalue weighted by Crippen LogP contribution is -2.13. The maximum Gasteiger partial charge on any atom is 0.266 e. The van der Waals surface area contributed by atoms with E-state index >= 15 is 0 Å². The molecule has 1 aromatic heterocycles. The third-order valence-electron chi connectivity index (χ3n) is 2.37. The minimum Gasteiger partial charge on any atom is -0.320 e. The van der Waals surface area contributed by atoms with Crippen LogP contribution in [0.4, 0.5) is 5.69 Å². The van der Waals surface area contributed by atoms with Gasteiger partial charge in [-0.25, -0.2) is 0 Å². The molecule has 0 atom stereocenters. The van der Waals surface area contributed by atoms with Crippen molar-refractivity contribution in [2.24, 2.45) is 0 Å². The Labute approximate surface area is 130 Å². The van der Waals surface area contributed by atoms with E-state index in [0.29, 0.717) is 15.7 Å². The lowest BCUT2D eigenvalue weighted by Gasteiger charge is -2.06. The number of thiophene rings is 1. The largest absolute Gasteiger partial charge is 0.320 e. The van der Waals surface area contributed by atoms with Gasteiger partial charge in [-0.15, -0.1) is 11.3 Å². The predicted molar refractivity (Wildman–Crippen MR) is 83.0 cm³/mol. The monoisotopic (exact) mass is 322 g/mol. The molecule has 3 nitrogen and oxygen atoms in total. The first-order valence-electron chi connectivity index (χ1n) is 5.52. The zero-order chi connectivity index (χ0) is 14.5. The van der Waals surface area contributed by atoms with Crippen LogP contribution in [0.3, 0.4) is 0 Å². The zero-order valence-electron chi connectivity index (χ0n) is 10.1. The zero-order valence-corrected chi connectivity index (χ0v) is 12.4. The molecule has 0 aliphatic rings. The standard InChI is InChI=1S/C14H8Cl2N2OS/c15-10-3-4-12(16)13(7-10)18-14(19)9(8-17)6-11-2-1-5-20-11/h1-7H,(H,18,19). The van der Waals surface area contributed by atoms with E-state index in [1.54, 1.807) is 12.1 Å². The van der Waals surface area contributed by atoms with Gasteiger partial charge in [0.05, 0.1) is 10.7 Å². The molecule has 6 heteroatoms. The van der Waals surface area contributed by atoms with E-state index in [4.69, 9.17) is 28.5 Å². The van der Waals surface area contributed by atoms with Crippen LogP contribution in [0, 0.1) is 11.3 Å². The highest BCUT2D eigenvalue weighted by Crippen LogP contribution is 2.26. The molecular weight excluding hydrogens is 315 g/mol. The molecule has 0 saturated heterocycles. The fourth-order valence-electron chi connectivity index (χ4n) is 1.45. The Morgan fingerprint density at radius 3 is 2.80 bits per heavy atom. The van der Waals surface area contributed by atoms with Gasteiger partial charge in [-0.05, 0) is 35.7 Å². The van der Waals surface area contributed by atoms with E-state index in [1.807, 2.05) is 23.6 Å². The van der Waals surface area contributed by atoms with Crippen LogP contribution in [0.1, 0.15) is 4.88 Å². The third-order valence-corrected chi connectivity index (χ3v) is 3.76. The molecule has 0 saturated carbocycles. The number of carbonyl (C=O) groups excluding carboxylic acids is 1. The van der Waals surface area contributed by atoms with E-state index in [1.165, 1.54) is 23.5 Å². The number of rotatable bonds is 3. The smallest absolute Gasteiger partial charge is 0.266 e. The van der Waals surface area contributed by atoms with Gasteiger partial charge >= 0.3 is 0 Å². The molecule has 0 spiro atoms. The number of nitriles is 1. The molecule has 20 heavy (non-hydrogen) atoms. The van der Waals surface area contributed by atoms with Crippen LogP contribution < -0.4 is 5.32 Å². The van der Waals surface area contributed by atoms with Crippen molar-refractivity contribution < 1.29 is 4.79 Å². The summed E-state index contributed by atoms with van der Waals surface area (Å²) in [6, 6.07) is 10.3. The molecule has 2 rings (SSSR count). The van der Waals surface area contributed by atoms with Gasteiger partial charge < -0.3 is 5.32 Å². The number of anilines is 1. The summed E-state index contributed by atoms with van der Waals surface area (Å²) in [5.41, 5.74) is 0.375. The SMILES string of the molecule is N#CC(=Cc1cccs1)C(=O)Nc1cc(Cl)ccc1Cl. The number of hydrogen-bond donors (Lipinski definition) is 1. The van der Waals surface area contributed by atoms with Gasteiger partial charge in [-0.3, -0.25) is 4.79 Å². The Morgan fingerprint density at radius 1 is 1.35 bits per heavy atom. The number of amides is 1. The molecule has 100 valence electrons. The highest BCUT2D eigenvalue weighted by molar-refractivity contribution is 7.10. The van der Waals surface area contributed by atoms with Crippen LogP contribution in [-0.4, -0.2) is 5.91 Å². The van der Waals surface area contributed by atoms with Gasteiger partial charge in [0, 0.05) is 9.90 Å². The van der Waals surface area contributed by atoms with Gasteiger partial charge in [0.15, 0.2) is 0 Å². The van der Waals surface area contributed by atoms with Crippen molar-refractivity contribution in [1.82, 2.24) is 0 Å². The molecule has 0 unspecified atom stereocenters. The predicted octanol–water partition coefficient (Wildman–Crippen LogP) is 4.60. The van der Waals surface area contributed by atoms with Crippen LogP contribution >= 0.6 is 34.5 Å². The lowest BCUT2D eigenvalue weighted by atomic mass is 10.2. The minimum absolute atomic E-state index is 0.00323. The van der Waals surface area contributed by atoms with Crippen molar-refractivity contribution in [2.75, 3.05) is 5.32 Å². The number of hydrogen-bond acceptors (Lipinski definition) is 3. The topological polar surface area (TPSA) is 52.9 Å². The van der Waals surface area contributed by atoms with E-state index in [-0.39, 0.29) is 5.57 Å². The second-order valence-corrected chi connectivity index (χ2v) is 5.59. The average Bonchev–Trinajstić information content (AvgIpc) is 2.93. The molecule has 0 radical (unpaired) electrons. The molecule has 1 amide bonds. The Balaban J connectivity index is 2.23. The van der Waals surface area contributed by atoms with E-state index in [0.717, 1.165) is 4.88 Å². The molecule has 2 aromatic rings. The molecule has 0 bridgehead atoms. The van der Waals surface area contributed by atoms with Crippen LogP contribution in [0.5, 0.6) is 0 Å². The molecule has 1 aromatic carbocycles. The number of nitrogens with one attached hydrogen (secondary N) is 1. The summed E-state index contributed by atoms with van der Waals surface area (Å²) in [6.07, 6.45) is 1.53. The maximum absolute atomic E-state index is 12.0. The van der Waals surface area contributed by atoms with Crippen molar-refractivity contribution in [3.05, 3.63) is 56.2 Å². The van der Waals surface area contributed by atoms with E-state index in [2.05, 4.69) is 5.32 Å². The fourth-order valence-corrected chi connectivity index (χ4v) is 2.44. The van der Waals surface area contributed by atoms with Crippen molar-refractivity contribution >= 4 is 52.2 Å². The first kappa shape index (κ1) is 14.6. The van der Waals surface area contributed by atoms with Crippen LogP contribution in [0.15, 0.2) is 41.3 Å². The summed E-state index contributed by atoms with van der Waals surface area (Å²) in [4.78, 5) is 12.9. The summed E-state index contributed by atoms with van der Waals surface area (Å²) in [7, 11) is 0. The van der Waals surface area contributed by atoms with Gasteiger partial charge in [0.1, 0.15) is 11.6 Å². The molecule has 1 heterocycles. The number of carbonyl (C=O) groups is 1. The van der Waals surface area contributed by atoms with Gasteiger partial charge in [0.25, 0.3) is 5.91 Å². The Morgan fingerprint density at radius 2 is 2.15 bits per heavy atom. The van der Waals surface area contributed by atoms with Crippen molar-refractivity contribution in [3.63, 3.8) is 0 Å². The Hall–Kier alpha value is -1.80. The average molecular weight is 323 g/mol. The lowest BCUT2D eigenvalue weighted by molar-refractivity contribution is -0.112. The molecular formula is C14H8Cl2N2OS. The summed E-state index contributed by atoms with van der Waals surface area (Å²) in [6.45, 7) is 0. The summed E-state index contributed by atoms with van der Waals surface area (Å²) in [5, 5.41) is 14.3. The van der Waals surface area contributed by atoms with Crippen molar-refractivity contribution in [2.45, 2.75) is 0 Å². The number of halogens is 2. The van der Waals surface area contributed by atoms with E-state index < -0.39 is 5.91 Å². The van der Waals surface area contributed by atoms with Gasteiger partial charge in [-0.2, -0.15) is 5.26 Å². The van der Waals surface area contributed by atoms with Crippen molar-refractivity contribution in [3.8, 4) is 6.07 Å². The highest BCUT2D eigenvalue weighted by Gasteiger charge is 2.12. The second-order valence-electron chi connectivity index (χ2n) is 3.76. The van der Waals surface area contributed by atoms with E-state index in [9.17, 15) is 4.79 Å². The van der Waals surface area contributed by atoms with Gasteiger partial charge in [0.2, 0.25) is 0 Å². The summed E-state index contributed by atoms with van der Waals surface area (Å²) in [5.74, 6) is -0.523. The van der Waals surface area contributed by atoms with Crippen molar-refractivity contribution in [1.29, 1.82) is 5.26 Å². The normalized spacial score (nSPS) is 10.9. The quantitative estimate of drug-likeness (QED) is 0.663. The minimum atomic E-state index is -0.523. The summed E-state index contributed by atoms with van der Waals surface area (Å²) < 4.78 is 0. The number of benzene rings is 1. The molecule has 1 N–H and O–H groups in total. The Kier molecular flexibility index (Phi) is 4.80. The Bertz CT molecular complexity index is 702. The molecule has 0 fully saturated rings. The fraction of sp³-hybridized carbons (Fsp3) is 0. The maximum atomic E-state index is 12.0. The second kappa shape index (κ2) is 6.58. The molecule has 0 aliphatic carbocycles. The summed E-state index contributed by atoms with van der Waals surface area (Å²) >= 11 is 13.2. The third kappa shape index (κ3) is 3.61. The first-order valence-corrected chi connectivity index (χ1v) is 7.15. The number of nitrogens with zero attached hydrogens (tertiary/aromatic N) is 1. The molecule has 0 aliphatic heterocycles. The van der Waals surface area contributed by atoms with Crippen LogP contribution in [0.25, 0.3) is 6.08 Å². The van der Waals surface area contributed by atoms with Crippen LogP contribution in [-0.2, 0) is 4.79 Å². The first-order chi connectivity index (χ1) is 9.60.